The van der Waals surface area contributed by atoms with Crippen LogP contribution in [-0.4, -0.2) is 44.0 Å². The zero-order chi connectivity index (χ0) is 20.6. The van der Waals surface area contributed by atoms with Crippen LogP contribution >= 0.6 is 15.9 Å². The fourth-order valence-electron chi connectivity index (χ4n) is 2.98. The highest BCUT2D eigenvalue weighted by Crippen LogP contribution is 2.33. The summed E-state index contributed by atoms with van der Waals surface area (Å²) < 4.78 is 11.5. The van der Waals surface area contributed by atoms with Gasteiger partial charge in [0.05, 0.1) is 19.9 Å². The molecule has 0 atom stereocenters. The Hall–Kier alpha value is -2.74. The van der Waals surface area contributed by atoms with E-state index in [0.717, 1.165) is 21.4 Å². The van der Waals surface area contributed by atoms with E-state index in [2.05, 4.69) is 26.4 Å². The van der Waals surface area contributed by atoms with Crippen LogP contribution in [-0.2, 0) is 11.4 Å². The lowest BCUT2D eigenvalue weighted by Gasteiger charge is -2.27. The number of halogens is 1. The molecule has 2 amide bonds. The fraction of sp³-hybridized carbons (Fsp3) is 0.333. The van der Waals surface area contributed by atoms with Crippen LogP contribution in [0.1, 0.15) is 18.4 Å². The van der Waals surface area contributed by atoms with Gasteiger partial charge < -0.3 is 24.5 Å². The molecule has 8 heteroatoms. The number of nitrogens with one attached hydrogen (secondary N) is 1. The van der Waals surface area contributed by atoms with Crippen LogP contribution in [0.3, 0.4) is 0 Å². The highest BCUT2D eigenvalue weighted by atomic mass is 79.9. The minimum Gasteiger partial charge on any atom is -0.493 e. The van der Waals surface area contributed by atoms with Gasteiger partial charge in [-0.1, -0.05) is 39.3 Å². The molecule has 3 rings (SSSR count). The average Bonchev–Trinajstić information content (AvgIpc) is 2.75. The number of hydrogen-bond acceptors (Lipinski definition) is 5. The second-order valence-electron chi connectivity index (χ2n) is 6.51. The van der Waals surface area contributed by atoms with Crippen molar-refractivity contribution in [2.24, 2.45) is 5.16 Å². The number of ether oxygens (including phenoxy) is 2. The Morgan fingerprint density at radius 3 is 2.41 bits per heavy atom. The predicted molar refractivity (Wildman–Crippen MR) is 116 cm³/mol. The van der Waals surface area contributed by atoms with Gasteiger partial charge >= 0.3 is 6.03 Å². The van der Waals surface area contributed by atoms with Crippen molar-refractivity contribution in [2.45, 2.75) is 19.4 Å². The molecule has 1 heterocycles. The van der Waals surface area contributed by atoms with Crippen LogP contribution in [0.25, 0.3) is 0 Å². The van der Waals surface area contributed by atoms with E-state index >= 15 is 0 Å². The lowest BCUT2D eigenvalue weighted by Crippen LogP contribution is -2.41. The standard InChI is InChI=1S/C21H24BrN3O4/c1-27-19-12-15(18(22)13-20(19)28-2)14-29-24-17-8-10-25(11-9-17)21(26)23-16-6-4-3-5-7-16/h3-7,12-13H,8-11,14H2,1-2H3,(H,23,26). The van der Waals surface area contributed by atoms with Gasteiger partial charge in [-0.15, -0.1) is 0 Å². The molecular formula is C21H24BrN3O4. The third-order valence-corrected chi connectivity index (χ3v) is 5.36. The van der Waals surface area contributed by atoms with E-state index in [9.17, 15) is 4.79 Å². The van der Waals surface area contributed by atoms with Gasteiger partial charge in [0.15, 0.2) is 11.5 Å². The molecule has 0 aliphatic carbocycles. The van der Waals surface area contributed by atoms with Crippen LogP contribution < -0.4 is 14.8 Å². The number of para-hydroxylation sites is 1. The van der Waals surface area contributed by atoms with Crippen molar-refractivity contribution in [1.29, 1.82) is 0 Å². The summed E-state index contributed by atoms with van der Waals surface area (Å²) in [5, 5.41) is 7.17. The first kappa shape index (κ1) is 21.0. The lowest BCUT2D eigenvalue weighted by atomic mass is 10.1. The maximum atomic E-state index is 12.3. The van der Waals surface area contributed by atoms with E-state index in [1.54, 1.807) is 19.1 Å². The summed E-state index contributed by atoms with van der Waals surface area (Å²) in [6.45, 7) is 1.53. The van der Waals surface area contributed by atoms with Crippen LogP contribution in [0.15, 0.2) is 52.1 Å². The third-order valence-electron chi connectivity index (χ3n) is 4.62. The van der Waals surface area contributed by atoms with Gasteiger partial charge in [0.2, 0.25) is 0 Å². The van der Waals surface area contributed by atoms with E-state index in [1.165, 1.54) is 0 Å². The number of anilines is 1. The van der Waals surface area contributed by atoms with E-state index in [1.807, 2.05) is 42.5 Å². The fourth-order valence-corrected chi connectivity index (χ4v) is 3.42. The summed E-state index contributed by atoms with van der Waals surface area (Å²) in [7, 11) is 3.19. The zero-order valence-electron chi connectivity index (χ0n) is 16.5. The molecule has 0 saturated carbocycles. The average molecular weight is 462 g/mol. The maximum Gasteiger partial charge on any atom is 0.321 e. The molecule has 0 unspecified atom stereocenters. The number of nitrogens with zero attached hydrogens (tertiary/aromatic N) is 2. The molecule has 29 heavy (non-hydrogen) atoms. The molecule has 154 valence electrons. The second kappa shape index (κ2) is 10.2. The van der Waals surface area contributed by atoms with E-state index in [0.29, 0.717) is 44.0 Å². The van der Waals surface area contributed by atoms with Gasteiger partial charge in [-0.25, -0.2) is 4.79 Å². The number of carbonyl (C=O) groups is 1. The molecular weight excluding hydrogens is 438 g/mol. The normalized spacial score (nSPS) is 13.6. The first-order valence-electron chi connectivity index (χ1n) is 9.29. The number of likely N-dealkylation sites (tertiary alicyclic amines) is 1. The molecule has 2 aromatic carbocycles. The van der Waals surface area contributed by atoms with Crippen molar-refractivity contribution >= 4 is 33.4 Å². The van der Waals surface area contributed by atoms with Crippen LogP contribution in [0.4, 0.5) is 10.5 Å². The van der Waals surface area contributed by atoms with Crippen molar-refractivity contribution in [3.8, 4) is 11.5 Å². The highest BCUT2D eigenvalue weighted by molar-refractivity contribution is 9.10. The van der Waals surface area contributed by atoms with Crippen LogP contribution in [0, 0.1) is 0 Å². The third kappa shape index (κ3) is 5.63. The highest BCUT2D eigenvalue weighted by Gasteiger charge is 2.20. The largest absolute Gasteiger partial charge is 0.493 e. The Balaban J connectivity index is 1.49. The molecule has 1 aliphatic rings. The number of oxime groups is 1. The molecule has 1 aliphatic heterocycles. The quantitative estimate of drug-likeness (QED) is 0.634. The number of amides is 2. The molecule has 0 radical (unpaired) electrons. The summed E-state index contributed by atoms with van der Waals surface area (Å²) in [6.07, 6.45) is 1.38. The van der Waals surface area contributed by atoms with Crippen LogP contribution in [0.2, 0.25) is 0 Å². The number of urea groups is 1. The van der Waals surface area contributed by atoms with Gasteiger partial charge in [-0.05, 0) is 24.3 Å². The van der Waals surface area contributed by atoms with Gasteiger partial charge in [0.25, 0.3) is 0 Å². The van der Waals surface area contributed by atoms with Crippen molar-refractivity contribution in [3.05, 3.63) is 52.5 Å². The van der Waals surface area contributed by atoms with Crippen LogP contribution in [0.5, 0.6) is 11.5 Å². The Morgan fingerprint density at radius 1 is 1.10 bits per heavy atom. The summed E-state index contributed by atoms with van der Waals surface area (Å²) in [5.41, 5.74) is 2.65. The SMILES string of the molecule is COc1cc(Br)c(CON=C2CCN(C(=O)Nc3ccccc3)CC2)cc1OC. The number of hydrogen-bond donors (Lipinski definition) is 1. The monoisotopic (exact) mass is 461 g/mol. The zero-order valence-corrected chi connectivity index (χ0v) is 18.1. The predicted octanol–water partition coefficient (Wildman–Crippen LogP) is 4.67. The van der Waals surface area contributed by atoms with Gasteiger partial charge in [-0.3, -0.25) is 0 Å². The van der Waals surface area contributed by atoms with Gasteiger partial charge in [-0.2, -0.15) is 0 Å². The molecule has 7 nitrogen and oxygen atoms in total. The summed E-state index contributed by atoms with van der Waals surface area (Å²) in [6, 6.07) is 13.1. The first-order valence-corrected chi connectivity index (χ1v) is 10.1. The number of rotatable bonds is 6. The topological polar surface area (TPSA) is 72.4 Å². The molecule has 0 aromatic heterocycles. The minimum absolute atomic E-state index is 0.0922. The molecule has 1 saturated heterocycles. The molecule has 1 fully saturated rings. The number of methoxy groups -OCH3 is 2. The van der Waals surface area contributed by atoms with Crippen molar-refractivity contribution in [3.63, 3.8) is 0 Å². The van der Waals surface area contributed by atoms with Gasteiger partial charge in [0, 0.05) is 41.7 Å². The summed E-state index contributed by atoms with van der Waals surface area (Å²) >= 11 is 3.51. The number of benzene rings is 2. The molecule has 1 N–H and O–H groups in total. The van der Waals surface area contributed by atoms with E-state index < -0.39 is 0 Å². The van der Waals surface area contributed by atoms with Crippen molar-refractivity contribution in [1.82, 2.24) is 4.90 Å². The first-order chi connectivity index (χ1) is 14.1. The smallest absolute Gasteiger partial charge is 0.321 e. The molecule has 2 aromatic rings. The Kier molecular flexibility index (Phi) is 7.35. The Labute approximate surface area is 178 Å². The Morgan fingerprint density at radius 2 is 1.76 bits per heavy atom. The molecule has 0 spiro atoms. The summed E-state index contributed by atoms with van der Waals surface area (Å²) in [5.74, 6) is 1.29. The van der Waals surface area contributed by atoms with Crippen molar-refractivity contribution in [2.75, 3.05) is 32.6 Å². The number of carbonyl (C=O) groups excluding carboxylic acids is 1. The molecule has 0 bridgehead atoms. The summed E-state index contributed by atoms with van der Waals surface area (Å²) in [4.78, 5) is 19.7. The second-order valence-corrected chi connectivity index (χ2v) is 7.37. The number of piperidine rings is 1. The van der Waals surface area contributed by atoms with Crippen molar-refractivity contribution < 1.29 is 19.1 Å². The Bertz CT molecular complexity index is 864. The lowest BCUT2D eigenvalue weighted by molar-refractivity contribution is 0.127. The van der Waals surface area contributed by atoms with E-state index in [-0.39, 0.29) is 6.03 Å². The minimum atomic E-state index is -0.0922. The van der Waals surface area contributed by atoms with E-state index in [4.69, 9.17) is 14.3 Å². The van der Waals surface area contributed by atoms with Gasteiger partial charge in [0.1, 0.15) is 6.61 Å². The maximum absolute atomic E-state index is 12.3.